The van der Waals surface area contributed by atoms with Gasteiger partial charge in [0, 0.05) is 38.0 Å². The van der Waals surface area contributed by atoms with E-state index >= 15 is 0 Å². The Labute approximate surface area is 154 Å². The van der Waals surface area contributed by atoms with Crippen molar-refractivity contribution in [3.8, 4) is 0 Å². The fraction of sp³-hybridized carbons (Fsp3) is 0.409. The molecule has 2 aromatic carbocycles. The van der Waals surface area contributed by atoms with E-state index in [1.807, 2.05) is 18.2 Å². The average molecular weight is 348 g/mol. The molecule has 26 heavy (non-hydrogen) atoms. The van der Waals surface area contributed by atoms with Gasteiger partial charge in [0.05, 0.1) is 0 Å². The molecule has 4 atom stereocenters. The van der Waals surface area contributed by atoms with Crippen LogP contribution in [0.1, 0.15) is 18.1 Å². The van der Waals surface area contributed by atoms with E-state index in [9.17, 15) is 4.79 Å². The van der Waals surface area contributed by atoms with Crippen molar-refractivity contribution in [3.05, 3.63) is 71.8 Å². The van der Waals surface area contributed by atoms with Crippen LogP contribution in [0, 0.1) is 11.8 Å². The van der Waals surface area contributed by atoms with Gasteiger partial charge in [-0.1, -0.05) is 60.7 Å². The number of benzene rings is 2. The summed E-state index contributed by atoms with van der Waals surface area (Å²) in [5.74, 6) is 0.472. The van der Waals surface area contributed by atoms with Crippen molar-refractivity contribution in [1.82, 2.24) is 10.2 Å². The molecular formula is C22H24N2O2. The van der Waals surface area contributed by atoms with E-state index in [0.717, 1.165) is 25.2 Å². The second-order valence-electron chi connectivity index (χ2n) is 8.12. The molecule has 4 saturated heterocycles. The zero-order chi connectivity index (χ0) is 17.8. The van der Waals surface area contributed by atoms with Crippen molar-refractivity contribution in [2.24, 2.45) is 11.8 Å². The van der Waals surface area contributed by atoms with Gasteiger partial charge in [-0.15, -0.1) is 0 Å². The van der Waals surface area contributed by atoms with Crippen molar-refractivity contribution < 1.29 is 9.53 Å². The maximum absolute atomic E-state index is 13.1. The number of piperidine rings is 1. The molecule has 6 rings (SSSR count). The summed E-state index contributed by atoms with van der Waals surface area (Å²) in [5, 5.41) is 3.59. The second-order valence-corrected chi connectivity index (χ2v) is 8.12. The smallest absolute Gasteiger partial charge is 0.331 e. The first-order chi connectivity index (χ1) is 12.6. The maximum atomic E-state index is 13.1. The lowest BCUT2D eigenvalue weighted by Gasteiger charge is -2.57. The fourth-order valence-electron chi connectivity index (χ4n) is 5.25. The molecule has 0 spiro atoms. The number of carbonyl (C=O) groups excluding carboxylic acids is 1. The number of hydrogen-bond donors (Lipinski definition) is 1. The summed E-state index contributed by atoms with van der Waals surface area (Å²) in [5.41, 5.74) is 1.22. The van der Waals surface area contributed by atoms with Crippen molar-refractivity contribution in [2.75, 3.05) is 19.6 Å². The molecule has 4 heteroatoms. The zero-order valence-corrected chi connectivity index (χ0v) is 15.0. The molecule has 0 saturated carbocycles. The van der Waals surface area contributed by atoms with Crippen LogP contribution in [0.15, 0.2) is 60.7 Å². The highest BCUT2D eigenvalue weighted by molar-refractivity contribution is 5.86. The number of carbonyl (C=O) groups is 1. The lowest BCUT2D eigenvalue weighted by molar-refractivity contribution is -0.211. The molecule has 0 amide bonds. The monoisotopic (exact) mass is 348 g/mol. The Morgan fingerprint density at radius 3 is 2.38 bits per heavy atom. The van der Waals surface area contributed by atoms with E-state index in [4.69, 9.17) is 4.74 Å². The van der Waals surface area contributed by atoms with E-state index in [1.54, 1.807) is 0 Å². The van der Waals surface area contributed by atoms with E-state index in [-0.39, 0.29) is 11.9 Å². The lowest BCUT2D eigenvalue weighted by Crippen LogP contribution is -2.75. The molecule has 2 bridgehead atoms. The first-order valence-corrected chi connectivity index (χ1v) is 9.42. The van der Waals surface area contributed by atoms with E-state index < -0.39 is 11.1 Å². The minimum absolute atomic E-state index is 0.111. The zero-order valence-electron chi connectivity index (χ0n) is 15.0. The molecule has 0 aromatic heterocycles. The quantitative estimate of drug-likeness (QED) is 0.866. The Kier molecular flexibility index (Phi) is 3.49. The van der Waals surface area contributed by atoms with Gasteiger partial charge in [-0.2, -0.15) is 0 Å². The largest absolute Gasteiger partial charge is 0.456 e. The minimum atomic E-state index is -0.713. The Balaban J connectivity index is 1.51. The van der Waals surface area contributed by atoms with E-state index in [2.05, 4.69) is 59.6 Å². The van der Waals surface area contributed by atoms with Crippen molar-refractivity contribution in [3.63, 3.8) is 0 Å². The highest BCUT2D eigenvalue weighted by Gasteiger charge is 2.67. The van der Waals surface area contributed by atoms with Gasteiger partial charge >= 0.3 is 5.97 Å². The topological polar surface area (TPSA) is 41.6 Å². The predicted octanol–water partition coefficient (Wildman–Crippen LogP) is 2.55. The molecular weight excluding hydrogens is 324 g/mol. The molecule has 4 aliphatic rings. The molecule has 4 fully saturated rings. The van der Waals surface area contributed by atoms with Crippen LogP contribution in [0.3, 0.4) is 0 Å². The summed E-state index contributed by atoms with van der Waals surface area (Å²) in [4.78, 5) is 15.6. The minimum Gasteiger partial charge on any atom is -0.456 e. The molecule has 2 aromatic rings. The third-order valence-corrected chi connectivity index (χ3v) is 6.58. The first kappa shape index (κ1) is 16.0. The van der Waals surface area contributed by atoms with Gasteiger partial charge in [-0.3, -0.25) is 10.2 Å². The van der Waals surface area contributed by atoms with Crippen LogP contribution < -0.4 is 5.32 Å². The summed E-state index contributed by atoms with van der Waals surface area (Å²) in [6, 6.07) is 20.7. The number of likely N-dealkylation sites (tertiary alicyclic amines) is 1. The number of hydrogen-bond acceptors (Lipinski definition) is 4. The van der Waals surface area contributed by atoms with Crippen molar-refractivity contribution >= 4 is 5.97 Å². The van der Waals surface area contributed by atoms with Gasteiger partial charge in [0.2, 0.25) is 0 Å². The predicted molar refractivity (Wildman–Crippen MR) is 99.3 cm³/mol. The van der Waals surface area contributed by atoms with Gasteiger partial charge in [0.25, 0.3) is 0 Å². The summed E-state index contributed by atoms with van der Waals surface area (Å²) < 4.78 is 6.01. The van der Waals surface area contributed by atoms with Crippen LogP contribution in [0.4, 0.5) is 0 Å². The Morgan fingerprint density at radius 1 is 1.04 bits per heavy atom. The van der Waals surface area contributed by atoms with E-state index in [0.29, 0.717) is 12.5 Å². The number of fused-ring (bicyclic) bond motifs is 2. The van der Waals surface area contributed by atoms with Crippen molar-refractivity contribution in [2.45, 2.75) is 24.6 Å². The third-order valence-electron chi connectivity index (χ3n) is 6.58. The molecule has 0 radical (unpaired) electrons. The molecule has 4 nitrogen and oxygen atoms in total. The Hall–Kier alpha value is -2.17. The highest BCUT2D eigenvalue weighted by Crippen LogP contribution is 2.53. The van der Waals surface area contributed by atoms with Gasteiger partial charge in [0.1, 0.15) is 11.1 Å². The van der Waals surface area contributed by atoms with Gasteiger partial charge in [-0.05, 0) is 18.1 Å². The van der Waals surface area contributed by atoms with Crippen LogP contribution in [-0.4, -0.2) is 36.1 Å². The fourth-order valence-corrected chi connectivity index (χ4v) is 5.25. The van der Waals surface area contributed by atoms with Gasteiger partial charge in [-0.25, -0.2) is 4.79 Å². The molecule has 0 aliphatic carbocycles. The van der Waals surface area contributed by atoms with Crippen LogP contribution in [0.25, 0.3) is 0 Å². The molecule has 4 heterocycles. The first-order valence-electron chi connectivity index (χ1n) is 9.42. The molecule has 4 aliphatic heterocycles. The van der Waals surface area contributed by atoms with Crippen LogP contribution in [-0.2, 0) is 21.6 Å². The molecule has 0 unspecified atom stereocenters. The molecule has 1 N–H and O–H groups in total. The van der Waals surface area contributed by atoms with Crippen molar-refractivity contribution in [1.29, 1.82) is 0 Å². The van der Waals surface area contributed by atoms with Crippen LogP contribution in [0.2, 0.25) is 0 Å². The number of esters is 1. The summed E-state index contributed by atoms with van der Waals surface area (Å²) in [7, 11) is 0. The highest BCUT2D eigenvalue weighted by atomic mass is 16.6. The Morgan fingerprint density at radius 2 is 1.69 bits per heavy atom. The lowest BCUT2D eigenvalue weighted by atomic mass is 9.62. The average Bonchev–Trinajstić information content (AvgIpc) is 3.10. The number of morpholine rings is 1. The number of nitrogens with one attached hydrogen (secondary N) is 1. The van der Waals surface area contributed by atoms with Crippen LogP contribution >= 0.6 is 0 Å². The number of nitrogens with zero attached hydrogens (tertiary/aromatic N) is 1. The Bertz CT molecular complexity index is 825. The third kappa shape index (κ3) is 2.19. The standard InChI is InChI=1S/C22H24N2O2/c1-21-15-23-22(20(25)26-21,17-10-6-3-7-11-17)19-14-24(13-18(19)21)12-16-8-4-2-5-9-16/h2-11,18-19,23H,12-15H2,1H3/t18-,19+,21-,22+/m0/s1. The second kappa shape index (κ2) is 5.66. The van der Waals surface area contributed by atoms with E-state index in [1.165, 1.54) is 5.56 Å². The molecule has 134 valence electrons. The summed E-state index contributed by atoms with van der Waals surface area (Å²) >= 11 is 0. The van der Waals surface area contributed by atoms with Gasteiger partial charge < -0.3 is 4.74 Å². The maximum Gasteiger partial charge on any atom is 0.331 e. The number of ether oxygens (including phenoxy) is 1. The summed E-state index contributed by atoms with van der Waals surface area (Å²) in [6.45, 7) is 5.61. The van der Waals surface area contributed by atoms with Gasteiger partial charge in [0.15, 0.2) is 0 Å². The summed E-state index contributed by atoms with van der Waals surface area (Å²) in [6.07, 6.45) is 0. The SMILES string of the molecule is C[C@@]12CN[C@@](c3ccccc3)(C(=O)O1)[C@@H]1CN(Cc3ccccc3)C[C@@H]12. The number of rotatable bonds is 3. The normalized spacial score (nSPS) is 36.0. The van der Waals surface area contributed by atoms with Crippen LogP contribution in [0.5, 0.6) is 0 Å².